The van der Waals surface area contributed by atoms with Crippen molar-refractivity contribution in [2.75, 3.05) is 6.54 Å². The van der Waals surface area contributed by atoms with E-state index in [9.17, 15) is 13.2 Å². The Labute approximate surface area is 143 Å². The SMILES string of the molecule is CCCCC(=O)NCC(c1cccnc1)S(=O)(=O)c1ccccc1. The van der Waals surface area contributed by atoms with Gasteiger partial charge in [-0.15, -0.1) is 0 Å². The van der Waals surface area contributed by atoms with Crippen LogP contribution in [0.25, 0.3) is 0 Å². The van der Waals surface area contributed by atoms with E-state index in [0.717, 1.165) is 12.8 Å². The number of amides is 1. The molecule has 0 aliphatic heterocycles. The van der Waals surface area contributed by atoms with Gasteiger partial charge in [0.25, 0.3) is 0 Å². The third-order valence-electron chi connectivity index (χ3n) is 3.74. The van der Waals surface area contributed by atoms with Crippen LogP contribution in [0.2, 0.25) is 0 Å². The maximum absolute atomic E-state index is 13.0. The van der Waals surface area contributed by atoms with Crippen molar-refractivity contribution in [3.8, 4) is 0 Å². The summed E-state index contributed by atoms with van der Waals surface area (Å²) in [7, 11) is -3.63. The van der Waals surface area contributed by atoms with E-state index in [1.54, 1.807) is 48.7 Å². The zero-order chi connectivity index (χ0) is 17.4. The lowest BCUT2D eigenvalue weighted by molar-refractivity contribution is -0.121. The molecule has 24 heavy (non-hydrogen) atoms. The van der Waals surface area contributed by atoms with Gasteiger partial charge in [-0.05, 0) is 30.2 Å². The first kappa shape index (κ1) is 18.1. The normalized spacial score (nSPS) is 12.5. The number of aromatic nitrogens is 1. The van der Waals surface area contributed by atoms with Gasteiger partial charge in [-0.3, -0.25) is 9.78 Å². The summed E-state index contributed by atoms with van der Waals surface area (Å²) in [4.78, 5) is 16.1. The fourth-order valence-electron chi connectivity index (χ4n) is 2.38. The molecule has 1 N–H and O–H groups in total. The van der Waals surface area contributed by atoms with Crippen molar-refractivity contribution >= 4 is 15.7 Å². The number of sulfone groups is 1. The molecule has 1 atom stereocenters. The van der Waals surface area contributed by atoms with Crippen molar-refractivity contribution < 1.29 is 13.2 Å². The van der Waals surface area contributed by atoms with Gasteiger partial charge in [-0.1, -0.05) is 37.6 Å². The first-order valence-corrected chi connectivity index (χ1v) is 9.56. The summed E-state index contributed by atoms with van der Waals surface area (Å²) in [6.45, 7) is 2.04. The van der Waals surface area contributed by atoms with Crippen LogP contribution < -0.4 is 5.32 Å². The van der Waals surface area contributed by atoms with Crippen LogP contribution in [0, 0.1) is 0 Å². The second kappa shape index (κ2) is 8.59. The highest BCUT2D eigenvalue weighted by atomic mass is 32.2. The molecule has 0 spiro atoms. The molecule has 0 saturated heterocycles. The third-order valence-corrected chi connectivity index (χ3v) is 5.86. The largest absolute Gasteiger partial charge is 0.354 e. The first-order valence-electron chi connectivity index (χ1n) is 8.01. The summed E-state index contributed by atoms with van der Waals surface area (Å²) in [5, 5.41) is 1.88. The van der Waals surface area contributed by atoms with Gasteiger partial charge in [0, 0.05) is 25.4 Å². The predicted molar refractivity (Wildman–Crippen MR) is 93.1 cm³/mol. The minimum absolute atomic E-state index is 0.0332. The Morgan fingerprint density at radius 1 is 1.17 bits per heavy atom. The molecule has 6 heteroatoms. The van der Waals surface area contributed by atoms with Gasteiger partial charge < -0.3 is 5.32 Å². The molecular formula is C18H22N2O3S. The lowest BCUT2D eigenvalue weighted by Crippen LogP contribution is -2.31. The summed E-state index contributed by atoms with van der Waals surface area (Å²) in [6, 6.07) is 11.7. The summed E-state index contributed by atoms with van der Waals surface area (Å²) in [5.41, 5.74) is 0.567. The molecule has 1 aromatic carbocycles. The van der Waals surface area contributed by atoms with Gasteiger partial charge in [0.05, 0.1) is 4.90 Å². The van der Waals surface area contributed by atoms with Crippen molar-refractivity contribution in [3.05, 3.63) is 60.4 Å². The van der Waals surface area contributed by atoms with Crippen LogP contribution in [0.3, 0.4) is 0 Å². The van der Waals surface area contributed by atoms with E-state index in [1.165, 1.54) is 6.20 Å². The third kappa shape index (κ3) is 4.64. The van der Waals surface area contributed by atoms with Crippen LogP contribution in [0.15, 0.2) is 59.8 Å². The number of nitrogens with zero attached hydrogens (tertiary/aromatic N) is 1. The maximum Gasteiger partial charge on any atom is 0.220 e. The Morgan fingerprint density at radius 2 is 1.92 bits per heavy atom. The Morgan fingerprint density at radius 3 is 2.54 bits per heavy atom. The number of benzene rings is 1. The van der Waals surface area contributed by atoms with Crippen LogP contribution in [0.5, 0.6) is 0 Å². The Kier molecular flexibility index (Phi) is 6.49. The predicted octanol–water partition coefficient (Wildman–Crippen LogP) is 2.90. The quantitative estimate of drug-likeness (QED) is 0.797. The number of carbonyl (C=O) groups excluding carboxylic acids is 1. The van der Waals surface area contributed by atoms with E-state index < -0.39 is 15.1 Å². The fraction of sp³-hybridized carbons (Fsp3) is 0.333. The van der Waals surface area contributed by atoms with Crippen LogP contribution in [-0.2, 0) is 14.6 Å². The fourth-order valence-corrected chi connectivity index (χ4v) is 4.05. The molecule has 0 radical (unpaired) electrons. The van der Waals surface area contributed by atoms with E-state index in [2.05, 4.69) is 10.3 Å². The van der Waals surface area contributed by atoms with Crippen molar-refractivity contribution in [3.63, 3.8) is 0 Å². The van der Waals surface area contributed by atoms with Gasteiger partial charge in [-0.25, -0.2) is 8.42 Å². The van der Waals surface area contributed by atoms with Crippen LogP contribution in [0.4, 0.5) is 0 Å². The summed E-state index contributed by atoms with van der Waals surface area (Å²) >= 11 is 0. The molecule has 1 amide bonds. The lowest BCUT2D eigenvalue weighted by Gasteiger charge is -2.18. The highest BCUT2D eigenvalue weighted by Gasteiger charge is 2.29. The van der Waals surface area contributed by atoms with E-state index in [1.807, 2.05) is 6.92 Å². The molecule has 0 saturated carbocycles. The first-order chi connectivity index (χ1) is 11.6. The van der Waals surface area contributed by atoms with Gasteiger partial charge in [0.1, 0.15) is 5.25 Å². The second-order valence-corrected chi connectivity index (χ2v) is 7.67. The minimum Gasteiger partial charge on any atom is -0.354 e. The monoisotopic (exact) mass is 346 g/mol. The average molecular weight is 346 g/mol. The molecule has 0 aliphatic carbocycles. The number of unbranched alkanes of at least 4 members (excludes halogenated alkanes) is 1. The maximum atomic E-state index is 13.0. The lowest BCUT2D eigenvalue weighted by atomic mass is 10.2. The Bertz CT molecular complexity index is 746. The van der Waals surface area contributed by atoms with Crippen molar-refractivity contribution in [2.24, 2.45) is 0 Å². The molecule has 2 rings (SSSR count). The zero-order valence-corrected chi connectivity index (χ0v) is 14.5. The number of hydrogen-bond acceptors (Lipinski definition) is 4. The molecule has 1 unspecified atom stereocenters. The summed E-state index contributed by atoms with van der Waals surface area (Å²) in [6.07, 6.45) is 5.23. The molecule has 128 valence electrons. The average Bonchev–Trinajstić information content (AvgIpc) is 2.61. The molecule has 0 fully saturated rings. The van der Waals surface area contributed by atoms with Crippen molar-refractivity contribution in [2.45, 2.75) is 36.3 Å². The molecule has 1 aromatic heterocycles. The standard InChI is InChI=1S/C18H22N2O3S/c1-2-3-11-18(21)20-14-17(15-8-7-12-19-13-15)24(22,23)16-9-5-4-6-10-16/h4-10,12-13,17H,2-3,11,14H2,1H3,(H,20,21). The topological polar surface area (TPSA) is 76.1 Å². The van der Waals surface area contributed by atoms with E-state index in [0.29, 0.717) is 12.0 Å². The van der Waals surface area contributed by atoms with Gasteiger partial charge >= 0.3 is 0 Å². The number of hydrogen-bond donors (Lipinski definition) is 1. The van der Waals surface area contributed by atoms with E-state index >= 15 is 0 Å². The molecule has 5 nitrogen and oxygen atoms in total. The van der Waals surface area contributed by atoms with Crippen molar-refractivity contribution in [1.82, 2.24) is 10.3 Å². The Hall–Kier alpha value is -2.21. The van der Waals surface area contributed by atoms with E-state index in [-0.39, 0.29) is 17.3 Å². The van der Waals surface area contributed by atoms with Gasteiger partial charge in [-0.2, -0.15) is 0 Å². The Balaban J connectivity index is 2.26. The smallest absolute Gasteiger partial charge is 0.220 e. The molecule has 0 bridgehead atoms. The van der Waals surface area contributed by atoms with Crippen LogP contribution in [-0.4, -0.2) is 25.9 Å². The molecule has 2 aromatic rings. The van der Waals surface area contributed by atoms with Crippen LogP contribution in [0.1, 0.15) is 37.0 Å². The van der Waals surface area contributed by atoms with Crippen molar-refractivity contribution in [1.29, 1.82) is 0 Å². The molecule has 0 aliphatic rings. The van der Waals surface area contributed by atoms with E-state index in [4.69, 9.17) is 0 Å². The van der Waals surface area contributed by atoms with Gasteiger partial charge in [0.15, 0.2) is 9.84 Å². The zero-order valence-electron chi connectivity index (χ0n) is 13.7. The summed E-state index contributed by atoms with van der Waals surface area (Å²) < 4.78 is 26.0. The highest BCUT2D eigenvalue weighted by molar-refractivity contribution is 7.91. The highest BCUT2D eigenvalue weighted by Crippen LogP contribution is 2.27. The second-order valence-electron chi connectivity index (χ2n) is 5.54. The van der Waals surface area contributed by atoms with Gasteiger partial charge in [0.2, 0.25) is 5.91 Å². The number of carbonyl (C=O) groups is 1. The molecule has 1 heterocycles. The summed E-state index contributed by atoms with van der Waals surface area (Å²) in [5.74, 6) is -0.131. The molecular weight excluding hydrogens is 324 g/mol. The number of nitrogens with one attached hydrogen (secondary N) is 1. The number of rotatable bonds is 8. The minimum atomic E-state index is -3.63. The van der Waals surface area contributed by atoms with Crippen LogP contribution >= 0.6 is 0 Å². The number of pyridine rings is 1.